The van der Waals surface area contributed by atoms with Crippen LogP contribution in [0.5, 0.6) is 0 Å². The monoisotopic (exact) mass is 235 g/mol. The minimum atomic E-state index is 0.724. The van der Waals surface area contributed by atoms with Crippen LogP contribution in [-0.2, 0) is 6.54 Å². The van der Waals surface area contributed by atoms with Crippen molar-refractivity contribution in [2.45, 2.75) is 52.0 Å². The standard InChI is InChI=1S/C14H25N3/c1-3-5-12-9-15-7-6-14(12)13-10-16-17(11-13)8-4-2/h10-12,14-15H,3-9H2,1-2H3. The van der Waals surface area contributed by atoms with Gasteiger partial charge < -0.3 is 5.32 Å². The molecule has 1 N–H and O–H groups in total. The predicted octanol–water partition coefficient (Wildman–Crippen LogP) is 2.79. The van der Waals surface area contributed by atoms with Crippen LogP contribution in [0.4, 0.5) is 0 Å². The van der Waals surface area contributed by atoms with E-state index in [9.17, 15) is 0 Å². The van der Waals surface area contributed by atoms with Crippen molar-refractivity contribution in [3.05, 3.63) is 18.0 Å². The van der Waals surface area contributed by atoms with Crippen molar-refractivity contribution in [3.8, 4) is 0 Å². The SMILES string of the molecule is CCCC1CNCCC1c1cnn(CCC)c1. The summed E-state index contributed by atoms with van der Waals surface area (Å²) in [6, 6.07) is 0. The van der Waals surface area contributed by atoms with Crippen molar-refractivity contribution in [1.82, 2.24) is 15.1 Å². The van der Waals surface area contributed by atoms with Crippen molar-refractivity contribution < 1.29 is 0 Å². The minimum Gasteiger partial charge on any atom is -0.316 e. The molecule has 0 bridgehead atoms. The van der Waals surface area contributed by atoms with E-state index in [0.717, 1.165) is 31.3 Å². The lowest BCUT2D eigenvalue weighted by Crippen LogP contribution is -2.35. The van der Waals surface area contributed by atoms with E-state index < -0.39 is 0 Å². The Kier molecular flexibility index (Phi) is 4.60. The van der Waals surface area contributed by atoms with Gasteiger partial charge in [-0.15, -0.1) is 0 Å². The van der Waals surface area contributed by atoms with E-state index in [2.05, 4.69) is 41.3 Å². The van der Waals surface area contributed by atoms with Crippen molar-refractivity contribution in [2.75, 3.05) is 13.1 Å². The summed E-state index contributed by atoms with van der Waals surface area (Å²) in [6.07, 6.45) is 9.40. The van der Waals surface area contributed by atoms with Gasteiger partial charge in [0.2, 0.25) is 0 Å². The van der Waals surface area contributed by atoms with Crippen molar-refractivity contribution in [1.29, 1.82) is 0 Å². The second-order valence-corrected chi connectivity index (χ2v) is 5.18. The van der Waals surface area contributed by atoms with Gasteiger partial charge in [-0.2, -0.15) is 5.10 Å². The molecule has 1 aliphatic heterocycles. The molecule has 3 heteroatoms. The van der Waals surface area contributed by atoms with Gasteiger partial charge in [0.1, 0.15) is 0 Å². The zero-order chi connectivity index (χ0) is 12.1. The largest absolute Gasteiger partial charge is 0.316 e. The van der Waals surface area contributed by atoms with E-state index in [-0.39, 0.29) is 0 Å². The van der Waals surface area contributed by atoms with Gasteiger partial charge in [0.25, 0.3) is 0 Å². The molecule has 3 nitrogen and oxygen atoms in total. The molecule has 1 fully saturated rings. The maximum atomic E-state index is 4.47. The van der Waals surface area contributed by atoms with Crippen LogP contribution in [0.15, 0.2) is 12.4 Å². The first kappa shape index (κ1) is 12.6. The number of piperidine rings is 1. The van der Waals surface area contributed by atoms with E-state index in [1.807, 2.05) is 0 Å². The average molecular weight is 235 g/mol. The highest BCUT2D eigenvalue weighted by atomic mass is 15.3. The molecule has 96 valence electrons. The second kappa shape index (κ2) is 6.20. The topological polar surface area (TPSA) is 29.9 Å². The van der Waals surface area contributed by atoms with Gasteiger partial charge >= 0.3 is 0 Å². The molecule has 1 aromatic heterocycles. The molecular weight excluding hydrogens is 210 g/mol. The van der Waals surface area contributed by atoms with E-state index in [1.54, 1.807) is 0 Å². The fourth-order valence-corrected chi connectivity index (χ4v) is 2.96. The molecule has 0 amide bonds. The third-order valence-corrected chi connectivity index (χ3v) is 3.80. The second-order valence-electron chi connectivity index (χ2n) is 5.18. The van der Waals surface area contributed by atoms with E-state index in [4.69, 9.17) is 0 Å². The van der Waals surface area contributed by atoms with E-state index in [1.165, 1.54) is 31.4 Å². The predicted molar refractivity (Wildman–Crippen MR) is 71.1 cm³/mol. The number of aromatic nitrogens is 2. The summed E-state index contributed by atoms with van der Waals surface area (Å²) < 4.78 is 2.10. The van der Waals surface area contributed by atoms with Crippen LogP contribution < -0.4 is 5.32 Å². The average Bonchev–Trinajstić information content (AvgIpc) is 2.79. The number of hydrogen-bond donors (Lipinski definition) is 1. The minimum absolute atomic E-state index is 0.724. The molecule has 0 saturated carbocycles. The van der Waals surface area contributed by atoms with Gasteiger partial charge in [-0.3, -0.25) is 4.68 Å². The fraction of sp³-hybridized carbons (Fsp3) is 0.786. The molecule has 2 unspecified atom stereocenters. The summed E-state index contributed by atoms with van der Waals surface area (Å²) >= 11 is 0. The lowest BCUT2D eigenvalue weighted by molar-refractivity contribution is 0.306. The highest BCUT2D eigenvalue weighted by Crippen LogP contribution is 2.32. The van der Waals surface area contributed by atoms with Gasteiger partial charge in [0.05, 0.1) is 6.20 Å². The highest BCUT2D eigenvalue weighted by Gasteiger charge is 2.26. The fourth-order valence-electron chi connectivity index (χ4n) is 2.96. The third kappa shape index (κ3) is 3.09. The quantitative estimate of drug-likeness (QED) is 0.850. The lowest BCUT2D eigenvalue weighted by Gasteiger charge is -2.31. The van der Waals surface area contributed by atoms with Crippen molar-refractivity contribution in [3.63, 3.8) is 0 Å². The number of hydrogen-bond acceptors (Lipinski definition) is 2. The molecular formula is C14H25N3. The lowest BCUT2D eigenvalue weighted by atomic mass is 9.80. The van der Waals surface area contributed by atoms with Gasteiger partial charge in [0, 0.05) is 12.7 Å². The molecule has 1 aromatic rings. The van der Waals surface area contributed by atoms with Gasteiger partial charge in [-0.25, -0.2) is 0 Å². The van der Waals surface area contributed by atoms with E-state index >= 15 is 0 Å². The molecule has 1 aliphatic rings. The smallest absolute Gasteiger partial charge is 0.0524 e. The molecule has 0 radical (unpaired) electrons. The first-order valence-corrected chi connectivity index (χ1v) is 7.08. The van der Waals surface area contributed by atoms with Crippen LogP contribution in [-0.4, -0.2) is 22.9 Å². The summed E-state index contributed by atoms with van der Waals surface area (Å²) in [5.41, 5.74) is 1.46. The summed E-state index contributed by atoms with van der Waals surface area (Å²) in [4.78, 5) is 0. The summed E-state index contributed by atoms with van der Waals surface area (Å²) in [5, 5.41) is 8.00. The number of rotatable bonds is 5. The summed E-state index contributed by atoms with van der Waals surface area (Å²) in [7, 11) is 0. The zero-order valence-electron chi connectivity index (χ0n) is 11.2. The Morgan fingerprint density at radius 3 is 3.06 bits per heavy atom. The highest BCUT2D eigenvalue weighted by molar-refractivity contribution is 5.14. The van der Waals surface area contributed by atoms with Crippen molar-refractivity contribution >= 4 is 0 Å². The van der Waals surface area contributed by atoms with Crippen LogP contribution >= 0.6 is 0 Å². The Morgan fingerprint density at radius 1 is 1.41 bits per heavy atom. The normalized spacial score (nSPS) is 25.1. The van der Waals surface area contributed by atoms with Gasteiger partial charge in [0.15, 0.2) is 0 Å². The number of aryl methyl sites for hydroxylation is 1. The zero-order valence-corrected chi connectivity index (χ0v) is 11.2. The number of nitrogens with one attached hydrogen (secondary N) is 1. The number of nitrogens with zero attached hydrogens (tertiary/aromatic N) is 2. The van der Waals surface area contributed by atoms with Gasteiger partial charge in [-0.05, 0) is 49.8 Å². The molecule has 2 rings (SSSR count). The molecule has 17 heavy (non-hydrogen) atoms. The van der Waals surface area contributed by atoms with E-state index in [0.29, 0.717) is 0 Å². The molecule has 0 aliphatic carbocycles. The van der Waals surface area contributed by atoms with Crippen LogP contribution in [0, 0.1) is 5.92 Å². The molecule has 1 saturated heterocycles. The van der Waals surface area contributed by atoms with Crippen LogP contribution in [0.25, 0.3) is 0 Å². The van der Waals surface area contributed by atoms with Crippen LogP contribution in [0.1, 0.15) is 51.0 Å². The molecule has 2 atom stereocenters. The summed E-state index contributed by atoms with van der Waals surface area (Å²) in [5.74, 6) is 1.52. The van der Waals surface area contributed by atoms with Gasteiger partial charge in [-0.1, -0.05) is 20.3 Å². The first-order chi connectivity index (χ1) is 8.35. The van der Waals surface area contributed by atoms with Crippen LogP contribution in [0.2, 0.25) is 0 Å². The Labute approximate surface area is 105 Å². The molecule has 0 aromatic carbocycles. The van der Waals surface area contributed by atoms with Crippen molar-refractivity contribution in [2.24, 2.45) is 5.92 Å². The Balaban J connectivity index is 2.06. The maximum Gasteiger partial charge on any atom is 0.0524 e. The third-order valence-electron chi connectivity index (χ3n) is 3.80. The Morgan fingerprint density at radius 2 is 2.29 bits per heavy atom. The maximum absolute atomic E-state index is 4.47. The Hall–Kier alpha value is -0.830. The summed E-state index contributed by atoms with van der Waals surface area (Å²) in [6.45, 7) is 7.86. The molecule has 0 spiro atoms. The van der Waals surface area contributed by atoms with Crippen LogP contribution in [0.3, 0.4) is 0 Å². The first-order valence-electron chi connectivity index (χ1n) is 7.08. The molecule has 2 heterocycles. The Bertz CT molecular complexity index is 330.